The minimum absolute atomic E-state index is 0. The van der Waals surface area contributed by atoms with Gasteiger partial charge in [-0.2, -0.15) is 6.42 Å². The summed E-state index contributed by atoms with van der Waals surface area (Å²) < 4.78 is 4.80. The number of hydrogen-bond donors (Lipinski definition) is 0. The van der Waals surface area contributed by atoms with Crippen molar-refractivity contribution in [2.24, 2.45) is 0 Å². The Hall–Kier alpha value is 0.734. The van der Waals surface area contributed by atoms with Crippen molar-refractivity contribution < 1.29 is 18.9 Å². The van der Waals surface area contributed by atoms with Gasteiger partial charge in [0.05, 0.1) is 0 Å². The zero-order valence-electron chi connectivity index (χ0n) is 11.8. The van der Waals surface area contributed by atoms with E-state index in [1.807, 2.05) is 0 Å². The largest absolute Gasteiger partial charge is 1.00 e. The van der Waals surface area contributed by atoms with Gasteiger partial charge in [0.25, 0.3) is 0 Å². The number of hydrogen-bond acceptors (Lipinski definition) is 2. The molecule has 0 N–H and O–H groups in total. The van der Waals surface area contributed by atoms with E-state index in [9.17, 15) is 0 Å². The molecule has 0 aromatic rings. The van der Waals surface area contributed by atoms with E-state index in [4.69, 9.17) is 0 Å². The molecule has 0 atom stereocenters. The van der Waals surface area contributed by atoms with Crippen molar-refractivity contribution in [3.63, 3.8) is 0 Å². The van der Waals surface area contributed by atoms with Crippen LogP contribution in [0.3, 0.4) is 0 Å². The molecule has 15 heavy (non-hydrogen) atoms. The van der Waals surface area contributed by atoms with Gasteiger partial charge in [-0.3, -0.25) is 6.04 Å². The fraction of sp³-hybridized carbons (Fsp3) is 0.909. The fourth-order valence-corrected chi connectivity index (χ4v) is 3.82. The van der Waals surface area contributed by atoms with Gasteiger partial charge in [-0.15, -0.1) is 0 Å². The smallest absolute Gasteiger partial charge is 0.340 e. The Labute approximate surface area is 110 Å². The van der Waals surface area contributed by atoms with Crippen LogP contribution in [-0.4, -0.2) is 45.7 Å². The Morgan fingerprint density at radius 1 is 1.00 bits per heavy atom. The van der Waals surface area contributed by atoms with E-state index < -0.39 is 8.40 Å². The molecule has 0 unspecified atom stereocenters. The summed E-state index contributed by atoms with van der Waals surface area (Å²) in [6.07, 6.45) is 5.30. The van der Waals surface area contributed by atoms with Crippen LogP contribution in [0, 0.1) is 6.04 Å². The van der Waals surface area contributed by atoms with Crippen LogP contribution in [0.2, 0.25) is 6.55 Å². The minimum atomic E-state index is -1.41. The molecular formula is C11H27LiN2Si. The quantitative estimate of drug-likeness (QED) is 0.326. The van der Waals surface area contributed by atoms with Gasteiger partial charge in [0.15, 0.2) is 0 Å². The van der Waals surface area contributed by atoms with Gasteiger partial charge < -0.3 is 9.13 Å². The summed E-state index contributed by atoms with van der Waals surface area (Å²) in [7, 11) is 7.38. The van der Waals surface area contributed by atoms with Crippen molar-refractivity contribution in [3.05, 3.63) is 6.04 Å². The topological polar surface area (TPSA) is 6.48 Å². The maximum Gasteiger partial charge on any atom is 1.00 e. The average molecular weight is 222 g/mol. The predicted molar refractivity (Wildman–Crippen MR) is 67.4 cm³/mol. The number of unbranched alkanes of at least 4 members (excludes halogenated alkanes) is 3. The van der Waals surface area contributed by atoms with Gasteiger partial charge in [-0.1, -0.05) is 32.7 Å². The number of rotatable bonds is 7. The Morgan fingerprint density at radius 3 is 1.80 bits per heavy atom. The number of nitrogens with zero attached hydrogens (tertiary/aromatic N) is 2. The van der Waals surface area contributed by atoms with Crippen molar-refractivity contribution in [2.75, 3.05) is 28.2 Å². The average Bonchev–Trinajstić information content (AvgIpc) is 2.11. The van der Waals surface area contributed by atoms with E-state index in [0.29, 0.717) is 0 Å². The van der Waals surface area contributed by atoms with Crippen molar-refractivity contribution in [2.45, 2.75) is 39.2 Å². The van der Waals surface area contributed by atoms with E-state index in [0.717, 1.165) is 0 Å². The normalized spacial score (nSPS) is 12.0. The third-order valence-corrected chi connectivity index (χ3v) is 7.83. The molecule has 0 aliphatic rings. The third-order valence-electron chi connectivity index (χ3n) is 3.15. The van der Waals surface area contributed by atoms with Crippen LogP contribution in [0.4, 0.5) is 0 Å². The molecule has 0 spiro atoms. The van der Waals surface area contributed by atoms with Crippen LogP contribution in [0.15, 0.2) is 0 Å². The molecule has 0 fully saturated rings. The molecule has 4 heteroatoms. The third kappa shape index (κ3) is 6.14. The van der Waals surface area contributed by atoms with E-state index in [-0.39, 0.29) is 18.9 Å². The molecule has 0 saturated heterocycles. The fourth-order valence-electron chi connectivity index (χ4n) is 1.53. The van der Waals surface area contributed by atoms with Crippen LogP contribution < -0.4 is 18.9 Å². The van der Waals surface area contributed by atoms with E-state index in [1.54, 1.807) is 0 Å². The maximum absolute atomic E-state index is 2.56. The first kappa shape index (κ1) is 18.1. The van der Waals surface area contributed by atoms with Gasteiger partial charge in [0, 0.05) is 8.40 Å². The molecule has 0 radical (unpaired) electrons. The van der Waals surface area contributed by atoms with Gasteiger partial charge in [-0.05, 0) is 28.2 Å². The Bertz CT molecular complexity index is 144. The molecule has 0 amide bonds. The summed E-state index contributed by atoms with van der Waals surface area (Å²) in [4.78, 5) is 0. The molecular weight excluding hydrogens is 195 g/mol. The van der Waals surface area contributed by atoms with E-state index >= 15 is 0 Å². The molecule has 0 aliphatic heterocycles. The maximum atomic E-state index is 2.56. The zero-order valence-corrected chi connectivity index (χ0v) is 12.8. The molecule has 86 valence electrons. The van der Waals surface area contributed by atoms with Gasteiger partial charge in [0.1, 0.15) is 0 Å². The van der Waals surface area contributed by atoms with Crippen molar-refractivity contribution in [1.82, 2.24) is 9.13 Å². The van der Waals surface area contributed by atoms with Crippen LogP contribution in [0.5, 0.6) is 0 Å². The first-order valence-corrected chi connectivity index (χ1v) is 8.11. The standard InChI is InChI=1S/C11H27N2Si.Li/c1-7-8-9-10-11-14(6,12(2)3)13(4)5;/h11H,7-10H2,1-6H3;/q-1;+1. The summed E-state index contributed by atoms with van der Waals surface area (Å²) in [6, 6.07) is 2.56. The molecule has 0 saturated carbocycles. The van der Waals surface area contributed by atoms with Crippen LogP contribution in [0.1, 0.15) is 32.6 Å². The second-order valence-electron chi connectivity index (χ2n) is 4.58. The Kier molecular flexibility index (Phi) is 10.7. The van der Waals surface area contributed by atoms with Crippen molar-refractivity contribution in [1.29, 1.82) is 0 Å². The van der Waals surface area contributed by atoms with Gasteiger partial charge in [-0.25, -0.2) is 0 Å². The first-order chi connectivity index (χ1) is 6.45. The summed E-state index contributed by atoms with van der Waals surface area (Å²) in [6.45, 7) is 4.66. The van der Waals surface area contributed by atoms with Gasteiger partial charge in [0.2, 0.25) is 0 Å². The van der Waals surface area contributed by atoms with Crippen molar-refractivity contribution >= 4 is 8.40 Å². The molecule has 0 aliphatic carbocycles. The van der Waals surface area contributed by atoms with E-state index in [2.05, 4.69) is 56.8 Å². The second kappa shape index (κ2) is 8.84. The molecule has 0 rings (SSSR count). The molecule has 0 heterocycles. The van der Waals surface area contributed by atoms with Crippen LogP contribution >= 0.6 is 0 Å². The molecule has 0 aromatic heterocycles. The monoisotopic (exact) mass is 222 g/mol. The Morgan fingerprint density at radius 2 is 1.47 bits per heavy atom. The Balaban J connectivity index is 0. The summed E-state index contributed by atoms with van der Waals surface area (Å²) >= 11 is 0. The SMILES string of the molecule is CCCCC[CH-][Si](C)(N(C)C)N(C)C.[Li+]. The second-order valence-corrected chi connectivity index (χ2v) is 8.97. The first-order valence-electron chi connectivity index (χ1n) is 5.64. The summed E-state index contributed by atoms with van der Waals surface area (Å²) in [5.74, 6) is 0. The zero-order chi connectivity index (χ0) is 11.2. The predicted octanol–water partition coefficient (Wildman–Crippen LogP) is -0.491. The molecule has 0 aromatic carbocycles. The van der Waals surface area contributed by atoms with Crippen LogP contribution in [-0.2, 0) is 0 Å². The molecule has 2 nitrogen and oxygen atoms in total. The summed E-state index contributed by atoms with van der Waals surface area (Å²) in [5.41, 5.74) is 0. The minimum Gasteiger partial charge on any atom is -0.340 e. The molecule has 0 bridgehead atoms. The van der Waals surface area contributed by atoms with E-state index in [1.165, 1.54) is 25.7 Å². The van der Waals surface area contributed by atoms with Crippen molar-refractivity contribution in [3.8, 4) is 0 Å². The van der Waals surface area contributed by atoms with Crippen LogP contribution in [0.25, 0.3) is 0 Å². The van der Waals surface area contributed by atoms with Gasteiger partial charge >= 0.3 is 18.9 Å². The summed E-state index contributed by atoms with van der Waals surface area (Å²) in [5, 5.41) is 0.